The van der Waals surface area contributed by atoms with Gasteiger partial charge in [0, 0.05) is 0 Å². The number of esters is 1. The molecule has 2 aromatic carbocycles. The Labute approximate surface area is 145 Å². The molecule has 0 saturated heterocycles. The van der Waals surface area contributed by atoms with E-state index in [4.69, 9.17) is 9.47 Å². The number of ether oxygens (including phenoxy) is 2. The van der Waals surface area contributed by atoms with E-state index < -0.39 is 11.9 Å². The van der Waals surface area contributed by atoms with Gasteiger partial charge < -0.3 is 20.1 Å². The number of fused-ring (bicyclic) bond motifs is 1. The highest BCUT2D eigenvalue weighted by molar-refractivity contribution is 6.14. The van der Waals surface area contributed by atoms with Crippen LogP contribution in [0.25, 0.3) is 0 Å². The Bertz CT molecular complexity index is 815. The lowest BCUT2D eigenvalue weighted by Crippen LogP contribution is -2.27. The van der Waals surface area contributed by atoms with E-state index in [0.29, 0.717) is 23.7 Å². The third kappa shape index (κ3) is 3.98. The first-order chi connectivity index (χ1) is 12.2. The summed E-state index contributed by atoms with van der Waals surface area (Å²) in [5.41, 5.74) is 2.34. The average Bonchev–Trinajstić information content (AvgIpc) is 2.62. The predicted molar refractivity (Wildman–Crippen MR) is 94.2 cm³/mol. The molecule has 0 fully saturated rings. The van der Waals surface area contributed by atoms with Crippen molar-refractivity contribution < 1.29 is 19.1 Å². The predicted octanol–water partition coefficient (Wildman–Crippen LogP) is 3.08. The van der Waals surface area contributed by atoms with Crippen molar-refractivity contribution in [2.75, 3.05) is 17.2 Å². The van der Waals surface area contributed by atoms with Gasteiger partial charge in [-0.15, -0.1) is 0 Å². The molecule has 0 saturated carbocycles. The molecule has 2 N–H and O–H groups in total. The standard InChI is InChI=1S/C19H18N2O4/c1-2-24-17(22)11-15-19(23)21-14-9-6-10-16(18(14)20-15)25-12-13-7-4-3-5-8-13/h3-11,20H,2,12H2,1H3,(H,21,23). The van der Waals surface area contributed by atoms with Crippen LogP contribution in [0.1, 0.15) is 12.5 Å². The van der Waals surface area contributed by atoms with Crippen molar-refractivity contribution in [1.29, 1.82) is 0 Å². The van der Waals surface area contributed by atoms with Crippen molar-refractivity contribution in [3.63, 3.8) is 0 Å². The van der Waals surface area contributed by atoms with Crippen LogP contribution in [0, 0.1) is 0 Å². The van der Waals surface area contributed by atoms with Gasteiger partial charge in [0.15, 0.2) is 0 Å². The minimum atomic E-state index is -0.578. The molecule has 25 heavy (non-hydrogen) atoms. The SMILES string of the molecule is CCOC(=O)C=C1Nc2c(cccc2OCc2ccccc2)NC1=O. The van der Waals surface area contributed by atoms with Crippen molar-refractivity contribution in [2.45, 2.75) is 13.5 Å². The first kappa shape index (κ1) is 16.6. The van der Waals surface area contributed by atoms with Gasteiger partial charge in [-0.25, -0.2) is 4.79 Å². The summed E-state index contributed by atoms with van der Waals surface area (Å²) in [6.45, 7) is 2.34. The van der Waals surface area contributed by atoms with Crippen molar-refractivity contribution in [1.82, 2.24) is 0 Å². The zero-order valence-corrected chi connectivity index (χ0v) is 13.7. The number of amides is 1. The Morgan fingerprint density at radius 1 is 1.08 bits per heavy atom. The van der Waals surface area contributed by atoms with Gasteiger partial charge in [0.2, 0.25) is 0 Å². The number of benzene rings is 2. The Morgan fingerprint density at radius 2 is 1.88 bits per heavy atom. The van der Waals surface area contributed by atoms with E-state index in [1.54, 1.807) is 25.1 Å². The molecular weight excluding hydrogens is 320 g/mol. The molecule has 0 bridgehead atoms. The highest BCUT2D eigenvalue weighted by Gasteiger charge is 2.23. The minimum absolute atomic E-state index is 0.113. The molecule has 0 atom stereocenters. The number of hydrogen-bond donors (Lipinski definition) is 2. The van der Waals surface area contributed by atoms with Gasteiger partial charge in [-0.05, 0) is 24.6 Å². The van der Waals surface area contributed by atoms with E-state index in [2.05, 4.69) is 10.6 Å². The average molecular weight is 338 g/mol. The van der Waals surface area contributed by atoms with Gasteiger partial charge >= 0.3 is 5.97 Å². The molecule has 0 radical (unpaired) electrons. The summed E-state index contributed by atoms with van der Waals surface area (Å²) in [5, 5.41) is 5.70. The Balaban J connectivity index is 1.81. The third-order valence-electron chi connectivity index (χ3n) is 3.56. The lowest BCUT2D eigenvalue weighted by molar-refractivity contribution is -0.137. The minimum Gasteiger partial charge on any atom is -0.487 e. The molecule has 0 spiro atoms. The fraction of sp³-hybridized carbons (Fsp3) is 0.158. The second-order valence-corrected chi connectivity index (χ2v) is 5.34. The van der Waals surface area contributed by atoms with E-state index in [1.165, 1.54) is 0 Å². The molecule has 1 amide bonds. The van der Waals surface area contributed by atoms with Crippen molar-refractivity contribution in [2.24, 2.45) is 0 Å². The third-order valence-corrected chi connectivity index (χ3v) is 3.56. The van der Waals surface area contributed by atoms with Gasteiger partial charge in [-0.3, -0.25) is 4.79 Å². The Hall–Kier alpha value is -3.28. The molecule has 2 aromatic rings. The van der Waals surface area contributed by atoms with Crippen LogP contribution in [0.2, 0.25) is 0 Å². The fourth-order valence-electron chi connectivity index (χ4n) is 2.40. The molecule has 3 rings (SSSR count). The number of rotatable bonds is 5. The van der Waals surface area contributed by atoms with Gasteiger partial charge in [0.05, 0.1) is 18.4 Å². The molecule has 6 nitrogen and oxygen atoms in total. The molecule has 1 aliphatic heterocycles. The number of para-hydroxylation sites is 1. The monoisotopic (exact) mass is 338 g/mol. The maximum Gasteiger partial charge on any atom is 0.333 e. The normalized spacial score (nSPS) is 14.3. The van der Waals surface area contributed by atoms with Crippen LogP contribution in [0.15, 0.2) is 60.3 Å². The number of anilines is 2. The van der Waals surface area contributed by atoms with Crippen molar-refractivity contribution in [3.05, 3.63) is 65.9 Å². The molecular formula is C19H18N2O4. The van der Waals surface area contributed by atoms with Gasteiger partial charge in [0.25, 0.3) is 5.91 Å². The van der Waals surface area contributed by atoms with Crippen molar-refractivity contribution >= 4 is 23.3 Å². The molecule has 0 unspecified atom stereocenters. The quantitative estimate of drug-likeness (QED) is 0.647. The zero-order valence-electron chi connectivity index (χ0n) is 13.7. The summed E-state index contributed by atoms with van der Waals surface area (Å²) < 4.78 is 10.7. The summed E-state index contributed by atoms with van der Waals surface area (Å²) in [6, 6.07) is 15.1. The molecule has 0 aliphatic carbocycles. The summed E-state index contributed by atoms with van der Waals surface area (Å²) in [6.07, 6.45) is 1.13. The number of nitrogens with one attached hydrogen (secondary N) is 2. The number of carbonyl (C=O) groups is 2. The first-order valence-electron chi connectivity index (χ1n) is 7.94. The molecule has 0 aromatic heterocycles. The summed E-state index contributed by atoms with van der Waals surface area (Å²) in [4.78, 5) is 23.7. The largest absolute Gasteiger partial charge is 0.487 e. The lowest BCUT2D eigenvalue weighted by atomic mass is 10.1. The Morgan fingerprint density at radius 3 is 2.64 bits per heavy atom. The van der Waals surface area contributed by atoms with Gasteiger partial charge in [-0.2, -0.15) is 0 Å². The summed E-state index contributed by atoms with van der Waals surface area (Å²) in [5.74, 6) is -0.400. The lowest BCUT2D eigenvalue weighted by Gasteiger charge is -2.23. The maximum atomic E-state index is 12.1. The fourth-order valence-corrected chi connectivity index (χ4v) is 2.40. The summed E-state index contributed by atoms with van der Waals surface area (Å²) >= 11 is 0. The van der Waals surface area contributed by atoms with Crippen LogP contribution in [-0.2, 0) is 20.9 Å². The molecule has 6 heteroatoms. The summed E-state index contributed by atoms with van der Waals surface area (Å²) in [7, 11) is 0. The van der Waals surface area contributed by atoms with Crippen LogP contribution in [0.3, 0.4) is 0 Å². The highest BCUT2D eigenvalue weighted by atomic mass is 16.5. The van der Waals surface area contributed by atoms with Gasteiger partial charge in [0.1, 0.15) is 23.7 Å². The topological polar surface area (TPSA) is 76.7 Å². The molecule has 128 valence electrons. The van der Waals surface area contributed by atoms with Crippen molar-refractivity contribution in [3.8, 4) is 5.75 Å². The second-order valence-electron chi connectivity index (χ2n) is 5.34. The van der Waals surface area contributed by atoms with Crippen LogP contribution < -0.4 is 15.4 Å². The number of hydrogen-bond acceptors (Lipinski definition) is 5. The zero-order chi connectivity index (χ0) is 17.6. The maximum absolute atomic E-state index is 12.1. The Kier molecular flexibility index (Phi) is 4.99. The smallest absolute Gasteiger partial charge is 0.333 e. The highest BCUT2D eigenvalue weighted by Crippen LogP contribution is 2.37. The van der Waals surface area contributed by atoms with E-state index in [0.717, 1.165) is 11.6 Å². The van der Waals surface area contributed by atoms with E-state index in [9.17, 15) is 9.59 Å². The number of carbonyl (C=O) groups excluding carboxylic acids is 2. The first-order valence-corrected chi connectivity index (χ1v) is 7.94. The second kappa shape index (κ2) is 7.53. The van der Waals surface area contributed by atoms with E-state index in [1.807, 2.05) is 30.3 Å². The van der Waals surface area contributed by atoms with Crippen LogP contribution in [0.5, 0.6) is 5.75 Å². The van der Waals surface area contributed by atoms with E-state index in [-0.39, 0.29) is 12.3 Å². The van der Waals surface area contributed by atoms with E-state index >= 15 is 0 Å². The van der Waals surface area contributed by atoms with Crippen LogP contribution in [-0.4, -0.2) is 18.5 Å². The molecule has 1 aliphatic rings. The molecule has 1 heterocycles. The van der Waals surface area contributed by atoms with Crippen LogP contribution in [0.4, 0.5) is 11.4 Å². The van der Waals surface area contributed by atoms with Crippen LogP contribution >= 0.6 is 0 Å². The van der Waals surface area contributed by atoms with Gasteiger partial charge in [-0.1, -0.05) is 36.4 Å².